The van der Waals surface area contributed by atoms with Gasteiger partial charge >= 0.3 is 0 Å². The summed E-state index contributed by atoms with van der Waals surface area (Å²) in [6, 6.07) is 0. The zero-order chi connectivity index (χ0) is 15.8. The molecule has 0 radical (unpaired) electrons. The second-order valence-electron chi connectivity index (χ2n) is 6.24. The first-order chi connectivity index (χ1) is 9.72. The minimum Gasteiger partial charge on any atom is -0.388 e. The fourth-order valence-corrected chi connectivity index (χ4v) is 2.82. The molecule has 6 nitrogen and oxygen atoms in total. The summed E-state index contributed by atoms with van der Waals surface area (Å²) in [5.41, 5.74) is 2.08. The summed E-state index contributed by atoms with van der Waals surface area (Å²) in [6.45, 7) is 6.27. The summed E-state index contributed by atoms with van der Waals surface area (Å²) in [5, 5.41) is 24.2. The lowest BCUT2D eigenvalue weighted by Crippen LogP contribution is -2.55. The zero-order valence-corrected chi connectivity index (χ0v) is 13.3. The largest absolute Gasteiger partial charge is 0.388 e. The van der Waals surface area contributed by atoms with Gasteiger partial charge in [0.2, 0.25) is 5.91 Å². The molecule has 1 fully saturated rings. The molecule has 1 aliphatic rings. The molecule has 2 N–H and O–H groups in total. The molecule has 0 aromatic carbocycles. The van der Waals surface area contributed by atoms with E-state index in [9.17, 15) is 15.0 Å². The number of amides is 1. The molecule has 0 aliphatic carbocycles. The summed E-state index contributed by atoms with van der Waals surface area (Å²) < 4.78 is 1.83. The van der Waals surface area contributed by atoms with Crippen molar-refractivity contribution in [1.82, 2.24) is 14.7 Å². The SMILES string of the molecule is Cc1nn(C)c(C)c1CCC(=O)N1CC[C@](C)(O)[C@@H](O)C1. The number of β-amino-alcohol motifs (C(OH)–C–C–N with tert-alkyl or cyclic N) is 1. The van der Waals surface area contributed by atoms with Crippen molar-refractivity contribution in [3.63, 3.8) is 0 Å². The van der Waals surface area contributed by atoms with Gasteiger partial charge in [0.25, 0.3) is 0 Å². The zero-order valence-electron chi connectivity index (χ0n) is 13.3. The minimum atomic E-state index is -1.09. The van der Waals surface area contributed by atoms with Gasteiger partial charge in [0.1, 0.15) is 0 Å². The molecule has 0 bridgehead atoms. The van der Waals surface area contributed by atoms with Crippen LogP contribution in [0.5, 0.6) is 0 Å². The fraction of sp³-hybridized carbons (Fsp3) is 0.733. The van der Waals surface area contributed by atoms with Crippen LogP contribution in [-0.4, -0.2) is 55.6 Å². The molecule has 21 heavy (non-hydrogen) atoms. The van der Waals surface area contributed by atoms with Crippen LogP contribution >= 0.6 is 0 Å². The van der Waals surface area contributed by atoms with Crippen molar-refractivity contribution in [3.05, 3.63) is 17.0 Å². The smallest absolute Gasteiger partial charge is 0.222 e. The van der Waals surface area contributed by atoms with Crippen LogP contribution in [-0.2, 0) is 18.3 Å². The molecule has 1 saturated heterocycles. The quantitative estimate of drug-likeness (QED) is 0.841. The number of aryl methyl sites for hydroxylation is 2. The Morgan fingerprint density at radius 3 is 2.67 bits per heavy atom. The molecule has 0 saturated carbocycles. The van der Waals surface area contributed by atoms with Gasteiger partial charge in [0.05, 0.1) is 17.4 Å². The van der Waals surface area contributed by atoms with Crippen LogP contribution in [0, 0.1) is 13.8 Å². The average molecular weight is 295 g/mol. The maximum absolute atomic E-state index is 12.3. The number of hydrogen-bond acceptors (Lipinski definition) is 4. The third-order valence-corrected chi connectivity index (χ3v) is 4.60. The Bertz CT molecular complexity index is 537. The van der Waals surface area contributed by atoms with Gasteiger partial charge in [-0.05, 0) is 39.2 Å². The van der Waals surface area contributed by atoms with E-state index in [0.717, 1.165) is 17.0 Å². The molecule has 0 unspecified atom stereocenters. The molecule has 2 atom stereocenters. The van der Waals surface area contributed by atoms with Gasteiger partial charge < -0.3 is 15.1 Å². The Hall–Kier alpha value is -1.40. The maximum Gasteiger partial charge on any atom is 0.222 e. The highest BCUT2D eigenvalue weighted by Gasteiger charge is 2.37. The van der Waals surface area contributed by atoms with Gasteiger partial charge in [0.15, 0.2) is 0 Å². The van der Waals surface area contributed by atoms with Crippen LogP contribution in [0.2, 0.25) is 0 Å². The lowest BCUT2D eigenvalue weighted by molar-refractivity contribution is -0.146. The monoisotopic (exact) mass is 295 g/mol. The molecular formula is C15H25N3O3. The van der Waals surface area contributed by atoms with Crippen molar-refractivity contribution in [2.24, 2.45) is 7.05 Å². The molecule has 6 heteroatoms. The van der Waals surface area contributed by atoms with Crippen molar-refractivity contribution in [3.8, 4) is 0 Å². The molecule has 118 valence electrons. The molecule has 1 aromatic heterocycles. The molecule has 1 amide bonds. The Morgan fingerprint density at radius 1 is 1.48 bits per heavy atom. The number of piperidine rings is 1. The van der Waals surface area contributed by atoms with Gasteiger partial charge in [-0.2, -0.15) is 5.10 Å². The first-order valence-corrected chi connectivity index (χ1v) is 7.39. The van der Waals surface area contributed by atoms with Crippen molar-refractivity contribution >= 4 is 5.91 Å². The molecular weight excluding hydrogens is 270 g/mol. The third kappa shape index (κ3) is 3.27. The summed E-state index contributed by atoms with van der Waals surface area (Å²) in [7, 11) is 1.90. The number of aliphatic hydroxyl groups excluding tert-OH is 1. The fourth-order valence-electron chi connectivity index (χ4n) is 2.82. The Labute approximate surface area is 125 Å². The predicted molar refractivity (Wildman–Crippen MR) is 78.8 cm³/mol. The summed E-state index contributed by atoms with van der Waals surface area (Å²) >= 11 is 0. The second kappa shape index (κ2) is 5.77. The third-order valence-electron chi connectivity index (χ3n) is 4.60. The highest BCUT2D eigenvalue weighted by atomic mass is 16.3. The number of nitrogens with zero attached hydrogens (tertiary/aromatic N) is 3. The van der Waals surface area contributed by atoms with Crippen LogP contribution in [0.4, 0.5) is 0 Å². The first-order valence-electron chi connectivity index (χ1n) is 7.39. The van der Waals surface area contributed by atoms with Crippen molar-refractivity contribution < 1.29 is 15.0 Å². The average Bonchev–Trinajstić information content (AvgIpc) is 2.64. The normalized spacial score (nSPS) is 26.2. The van der Waals surface area contributed by atoms with E-state index in [2.05, 4.69) is 5.10 Å². The van der Waals surface area contributed by atoms with Crippen molar-refractivity contribution in [2.75, 3.05) is 13.1 Å². The van der Waals surface area contributed by atoms with Crippen LogP contribution in [0.25, 0.3) is 0 Å². The summed E-state index contributed by atoms with van der Waals surface area (Å²) in [4.78, 5) is 13.9. The van der Waals surface area contributed by atoms with Gasteiger partial charge in [-0.1, -0.05) is 0 Å². The van der Waals surface area contributed by atoms with Crippen LogP contribution in [0.1, 0.15) is 36.7 Å². The summed E-state index contributed by atoms with van der Waals surface area (Å²) in [5.74, 6) is 0.0206. The number of carbonyl (C=O) groups is 1. The lowest BCUT2D eigenvalue weighted by Gasteiger charge is -2.40. The lowest BCUT2D eigenvalue weighted by atomic mass is 9.90. The van der Waals surface area contributed by atoms with E-state index in [1.165, 1.54) is 0 Å². The number of rotatable bonds is 3. The standard InChI is InChI=1S/C15H25N3O3/c1-10-12(11(2)17(4)16-10)5-6-14(20)18-8-7-15(3,21)13(19)9-18/h13,19,21H,5-9H2,1-4H3/t13-,15-/m0/s1. The Kier molecular flexibility index (Phi) is 4.39. The van der Waals surface area contributed by atoms with E-state index >= 15 is 0 Å². The van der Waals surface area contributed by atoms with E-state index in [4.69, 9.17) is 0 Å². The predicted octanol–water partition coefficient (Wildman–Crippen LogP) is 0.314. The minimum absolute atomic E-state index is 0.0206. The van der Waals surface area contributed by atoms with Crippen LogP contribution in [0.3, 0.4) is 0 Å². The Morgan fingerprint density at radius 2 is 2.14 bits per heavy atom. The molecule has 1 aliphatic heterocycles. The summed E-state index contributed by atoms with van der Waals surface area (Å²) in [6.07, 6.45) is 0.595. The van der Waals surface area contributed by atoms with Crippen LogP contribution in [0.15, 0.2) is 0 Å². The highest BCUT2D eigenvalue weighted by molar-refractivity contribution is 5.76. The highest BCUT2D eigenvalue weighted by Crippen LogP contribution is 2.23. The van der Waals surface area contributed by atoms with Gasteiger partial charge in [-0.15, -0.1) is 0 Å². The number of carbonyl (C=O) groups excluding carboxylic acids is 1. The van der Waals surface area contributed by atoms with Gasteiger partial charge in [-0.3, -0.25) is 9.48 Å². The van der Waals surface area contributed by atoms with E-state index in [-0.39, 0.29) is 12.5 Å². The number of aliphatic hydroxyl groups is 2. The molecule has 0 spiro atoms. The topological polar surface area (TPSA) is 78.6 Å². The first kappa shape index (κ1) is 16.0. The van der Waals surface area contributed by atoms with E-state index in [1.807, 2.05) is 25.6 Å². The molecule has 2 heterocycles. The van der Waals surface area contributed by atoms with Gasteiger partial charge in [-0.25, -0.2) is 0 Å². The second-order valence-corrected chi connectivity index (χ2v) is 6.24. The van der Waals surface area contributed by atoms with E-state index < -0.39 is 11.7 Å². The van der Waals surface area contributed by atoms with E-state index in [0.29, 0.717) is 25.8 Å². The number of likely N-dealkylation sites (tertiary alicyclic amines) is 1. The molecule has 2 rings (SSSR count). The maximum atomic E-state index is 12.3. The Balaban J connectivity index is 1.94. The van der Waals surface area contributed by atoms with E-state index in [1.54, 1.807) is 11.8 Å². The van der Waals surface area contributed by atoms with Crippen molar-refractivity contribution in [1.29, 1.82) is 0 Å². The molecule has 1 aromatic rings. The van der Waals surface area contributed by atoms with Crippen LogP contribution < -0.4 is 0 Å². The number of hydrogen-bond donors (Lipinski definition) is 2. The van der Waals surface area contributed by atoms with Crippen molar-refractivity contribution in [2.45, 2.75) is 51.7 Å². The van der Waals surface area contributed by atoms with Gasteiger partial charge in [0, 0.05) is 32.3 Å². The number of aromatic nitrogens is 2.